The lowest BCUT2D eigenvalue weighted by atomic mass is 10.0. The summed E-state index contributed by atoms with van der Waals surface area (Å²) < 4.78 is 58.8. The maximum Gasteiger partial charge on any atom is 0.274 e. The van der Waals surface area contributed by atoms with Gasteiger partial charge in [-0.25, -0.2) is 26.6 Å². The van der Waals surface area contributed by atoms with Crippen molar-refractivity contribution >= 4 is 66.2 Å². The normalized spacial score (nSPS) is 16.3. The third-order valence-corrected chi connectivity index (χ3v) is 17.2. The molecular weight excluding hydrogens is 1020 g/mol. The minimum Gasteiger partial charge on any atom is -0.508 e. The first-order valence-electron chi connectivity index (χ1n) is 27.4. The number of likely N-dealkylation sites (N-methyl/N-ethyl adjacent to an activating group) is 1. The van der Waals surface area contributed by atoms with Gasteiger partial charge in [0.25, 0.3) is 15.9 Å². The molecule has 0 bridgehead atoms. The van der Waals surface area contributed by atoms with Crippen molar-refractivity contribution in [3.05, 3.63) is 71.5 Å². The fourth-order valence-electron chi connectivity index (χ4n) is 9.84. The molecule has 17 nitrogen and oxygen atoms in total. The summed E-state index contributed by atoms with van der Waals surface area (Å²) in [5.74, 6) is -0.485. The number of phenolic OH excluding ortho intramolecular Hbond substituents is 2. The van der Waals surface area contributed by atoms with Crippen molar-refractivity contribution in [3.63, 3.8) is 0 Å². The van der Waals surface area contributed by atoms with E-state index in [2.05, 4.69) is 50.6 Å². The first kappa shape index (κ1) is 60.2. The predicted octanol–water partition coefficient (Wildman–Crippen LogP) is 11.2. The molecule has 1 atom stereocenters. The van der Waals surface area contributed by atoms with E-state index in [1.807, 2.05) is 44.7 Å². The average Bonchev–Trinajstić information content (AvgIpc) is 4.02. The topological polar surface area (TPSA) is 224 Å². The van der Waals surface area contributed by atoms with Gasteiger partial charge >= 0.3 is 0 Å². The third-order valence-electron chi connectivity index (χ3n) is 13.6. The summed E-state index contributed by atoms with van der Waals surface area (Å²) in [5, 5.41) is 38.6. The van der Waals surface area contributed by atoms with Crippen LogP contribution in [-0.2, 0) is 24.8 Å². The Bertz CT molecular complexity index is 2880. The molecule has 2 aliphatic rings. The smallest absolute Gasteiger partial charge is 0.274 e. The van der Waals surface area contributed by atoms with Gasteiger partial charge in [-0.1, -0.05) is 103 Å². The van der Waals surface area contributed by atoms with E-state index >= 15 is 0 Å². The highest BCUT2D eigenvalue weighted by Crippen LogP contribution is 2.51. The van der Waals surface area contributed by atoms with Gasteiger partial charge in [0, 0.05) is 59.3 Å². The highest BCUT2D eigenvalue weighted by molar-refractivity contribution is 8.01. The number of aromatic nitrogens is 3. The van der Waals surface area contributed by atoms with Crippen LogP contribution < -0.4 is 19.7 Å². The van der Waals surface area contributed by atoms with Crippen molar-refractivity contribution in [3.8, 4) is 22.9 Å². The standard InChI is InChI=1S/C56H84N10O7S3/c1-10-12-13-14-15-16-17-18-19-20-21-22-23-24-25-26-34-65-39-56(7,8)74-54(65)45-38-44(31-32-47(45)68)76(72,73)63-46-37-43(67)36-40(3)48(46)51-60-61-52-49(50(62-66(51)52)53(69)59-55(4,5)6)58-41-27-29-42(30-28-41)64(11-2)35-33-57-75(9,70)71/h27-32,36-38,54,57,63,67-68H,10-26,33-35,39H2,1-9H3,(H,59,69)/b58-49+. The summed E-state index contributed by atoms with van der Waals surface area (Å²) in [6, 6.07) is 14.3. The number of sulfonamides is 2. The van der Waals surface area contributed by atoms with E-state index in [1.54, 1.807) is 30.8 Å². The van der Waals surface area contributed by atoms with Gasteiger partial charge in [-0.2, -0.15) is 9.78 Å². The largest absolute Gasteiger partial charge is 0.508 e. The summed E-state index contributed by atoms with van der Waals surface area (Å²) in [6.07, 6.45) is 21.9. The number of carbonyl (C=O) groups is 1. The molecule has 6 rings (SSSR count). The molecule has 1 aromatic heterocycles. The van der Waals surface area contributed by atoms with E-state index in [9.17, 15) is 31.8 Å². The molecule has 418 valence electrons. The molecule has 0 aliphatic carbocycles. The molecule has 20 heteroatoms. The molecular formula is C56H84N10O7S3. The molecule has 4 aromatic rings. The Morgan fingerprint density at radius 3 is 2.00 bits per heavy atom. The maximum absolute atomic E-state index is 14.5. The number of thioether (sulfide) groups is 1. The SMILES string of the molecule is CCCCCCCCCCCCCCCCCCN1CC(C)(C)SC1c1cc(S(=O)(=O)Nc2cc(O)cc(C)c2-c2nnc3n2N=C(C(=O)NC(C)(C)C)/C3=N\c2ccc(N(CC)CCNS(C)(=O)=O)cc2)ccc1O. The first-order valence-corrected chi connectivity index (χ1v) is 31.6. The number of phenols is 2. The van der Waals surface area contributed by atoms with E-state index in [4.69, 9.17) is 10.1 Å². The Hall–Kier alpha value is -5.02. The molecule has 1 fully saturated rings. The molecule has 0 radical (unpaired) electrons. The van der Waals surface area contributed by atoms with E-state index < -0.39 is 31.5 Å². The number of benzene rings is 3. The molecule has 1 amide bonds. The summed E-state index contributed by atoms with van der Waals surface area (Å²) in [4.78, 5) is 23.1. The van der Waals surface area contributed by atoms with E-state index in [1.165, 1.54) is 125 Å². The number of rotatable bonds is 30. The number of fused-ring (bicyclic) bond motifs is 1. The van der Waals surface area contributed by atoms with Crippen LogP contribution in [-0.4, -0.2) is 113 Å². The minimum atomic E-state index is -4.37. The summed E-state index contributed by atoms with van der Waals surface area (Å²) >= 11 is 1.71. The summed E-state index contributed by atoms with van der Waals surface area (Å²) in [7, 11) is -7.71. The highest BCUT2D eigenvalue weighted by atomic mass is 32.2. The average molecular weight is 1110 g/mol. The zero-order valence-electron chi connectivity index (χ0n) is 46.4. The zero-order chi connectivity index (χ0) is 55.3. The number of nitrogens with zero attached hydrogens (tertiary/aromatic N) is 7. The second kappa shape index (κ2) is 27.0. The number of aliphatic imine (C=N–C) groups is 1. The quantitative estimate of drug-likeness (QED) is 0.0308. The fraction of sp³-hybridized carbons (Fsp3) is 0.589. The zero-order valence-corrected chi connectivity index (χ0v) is 48.9. The molecule has 1 unspecified atom stereocenters. The summed E-state index contributed by atoms with van der Waals surface area (Å²) in [6.45, 7) is 18.7. The Morgan fingerprint density at radius 2 is 1.42 bits per heavy atom. The van der Waals surface area contributed by atoms with Crippen LogP contribution in [0, 0.1) is 6.92 Å². The van der Waals surface area contributed by atoms with E-state index in [0.29, 0.717) is 29.9 Å². The van der Waals surface area contributed by atoms with Gasteiger partial charge < -0.3 is 20.4 Å². The van der Waals surface area contributed by atoms with E-state index in [-0.39, 0.29) is 67.4 Å². The molecule has 0 spiro atoms. The summed E-state index contributed by atoms with van der Waals surface area (Å²) in [5.41, 5.74) is 1.96. The Morgan fingerprint density at radius 1 is 0.829 bits per heavy atom. The number of aryl methyl sites for hydroxylation is 1. The van der Waals surface area contributed by atoms with Crippen molar-refractivity contribution in [2.75, 3.05) is 48.6 Å². The van der Waals surface area contributed by atoms with Gasteiger partial charge in [0.15, 0.2) is 11.5 Å². The number of hydrogen-bond donors (Lipinski definition) is 5. The van der Waals surface area contributed by atoms with Crippen LogP contribution in [0.3, 0.4) is 0 Å². The molecule has 76 heavy (non-hydrogen) atoms. The van der Waals surface area contributed by atoms with Gasteiger partial charge in [0.2, 0.25) is 15.8 Å². The van der Waals surface area contributed by atoms with Crippen molar-refractivity contribution in [1.82, 2.24) is 29.8 Å². The predicted molar refractivity (Wildman–Crippen MR) is 310 cm³/mol. The van der Waals surface area contributed by atoms with Crippen molar-refractivity contribution < 1.29 is 31.8 Å². The molecule has 2 aliphatic heterocycles. The number of hydrogen-bond acceptors (Lipinski definition) is 14. The van der Waals surface area contributed by atoms with Crippen molar-refractivity contribution in [1.29, 1.82) is 0 Å². The Kier molecular flexibility index (Phi) is 21.4. The molecule has 0 saturated carbocycles. The van der Waals surface area contributed by atoms with Crippen LogP contribution >= 0.6 is 11.8 Å². The highest BCUT2D eigenvalue weighted by Gasteiger charge is 2.41. The lowest BCUT2D eigenvalue weighted by Crippen LogP contribution is -2.45. The number of amides is 1. The first-order chi connectivity index (χ1) is 36.0. The Labute approximate surface area is 457 Å². The van der Waals surface area contributed by atoms with Gasteiger partial charge in [0.1, 0.15) is 17.2 Å². The van der Waals surface area contributed by atoms with Crippen LogP contribution in [0.4, 0.5) is 17.1 Å². The fourth-order valence-corrected chi connectivity index (χ4v) is 12.9. The van der Waals surface area contributed by atoms with Gasteiger partial charge in [-0.3, -0.25) is 14.4 Å². The molecule has 3 aromatic carbocycles. The van der Waals surface area contributed by atoms with Crippen molar-refractivity contribution in [2.24, 2.45) is 10.1 Å². The van der Waals surface area contributed by atoms with Crippen LogP contribution in [0.5, 0.6) is 11.5 Å². The third kappa shape index (κ3) is 17.2. The Balaban J connectivity index is 1.17. The number of unbranched alkanes of at least 4 members (excludes halogenated alkanes) is 15. The number of nitrogens with one attached hydrogen (secondary N) is 3. The lowest BCUT2D eigenvalue weighted by Gasteiger charge is -2.25. The van der Waals surface area contributed by atoms with Crippen molar-refractivity contribution in [2.45, 2.75) is 179 Å². The number of anilines is 2. The molecule has 5 N–H and O–H groups in total. The van der Waals surface area contributed by atoms with Crippen LogP contribution in [0.1, 0.15) is 174 Å². The van der Waals surface area contributed by atoms with Gasteiger partial charge in [0.05, 0.1) is 27.9 Å². The minimum absolute atomic E-state index is 0.00657. The molecule has 1 saturated heterocycles. The van der Waals surface area contributed by atoms with Gasteiger partial charge in [-0.05, 0) is 116 Å². The maximum atomic E-state index is 14.5. The monoisotopic (exact) mass is 1100 g/mol. The second-order valence-electron chi connectivity index (χ2n) is 22.0. The van der Waals surface area contributed by atoms with Gasteiger partial charge in [-0.15, -0.1) is 22.0 Å². The lowest BCUT2D eigenvalue weighted by molar-refractivity contribution is -0.115. The molecule has 3 heterocycles. The second-order valence-corrected chi connectivity index (χ2v) is 27.4. The van der Waals surface area contributed by atoms with E-state index in [0.717, 1.165) is 37.9 Å². The number of carbonyl (C=O) groups excluding carboxylic acids is 1. The van der Waals surface area contributed by atoms with Crippen LogP contribution in [0.2, 0.25) is 0 Å². The van der Waals surface area contributed by atoms with Crippen LogP contribution in [0.25, 0.3) is 11.4 Å². The van der Waals surface area contributed by atoms with Crippen LogP contribution in [0.15, 0.2) is 69.6 Å². The number of aromatic hydroxyl groups is 2.